The summed E-state index contributed by atoms with van der Waals surface area (Å²) in [5.41, 5.74) is 0. The highest BCUT2D eigenvalue weighted by Gasteiger charge is 2.20. The van der Waals surface area contributed by atoms with Gasteiger partial charge in [-0.2, -0.15) is 4.98 Å². The van der Waals surface area contributed by atoms with Crippen LogP contribution >= 0.6 is 0 Å². The topological polar surface area (TPSA) is 54.2 Å². The van der Waals surface area contributed by atoms with E-state index in [1.807, 2.05) is 0 Å². The molecule has 0 atom stereocenters. The van der Waals surface area contributed by atoms with Gasteiger partial charge in [-0.25, -0.2) is 0 Å². The Balaban J connectivity index is 1.87. The van der Waals surface area contributed by atoms with E-state index in [2.05, 4.69) is 34.2 Å². The van der Waals surface area contributed by atoms with Gasteiger partial charge in [0.25, 0.3) is 0 Å². The van der Waals surface area contributed by atoms with E-state index in [1.54, 1.807) is 0 Å². The maximum absolute atomic E-state index is 4.79. The van der Waals surface area contributed by atoms with Crippen LogP contribution in [0.3, 0.4) is 0 Å². The first-order valence-corrected chi connectivity index (χ1v) is 6.45. The molecule has 5 nitrogen and oxygen atoms in total. The second-order valence-corrected chi connectivity index (χ2v) is 5.06. The molecule has 1 aliphatic rings. The largest absolute Gasteiger partial charge is 0.343 e. The van der Waals surface area contributed by atoms with Crippen LogP contribution in [0.5, 0.6) is 0 Å². The van der Waals surface area contributed by atoms with E-state index in [0.717, 1.165) is 37.9 Å². The minimum atomic E-state index is 0.517. The van der Waals surface area contributed by atoms with Crippen molar-refractivity contribution in [3.8, 4) is 0 Å². The number of hydrogen-bond donors (Lipinski definition) is 1. The Labute approximate surface area is 103 Å². The molecule has 2 rings (SSSR count). The molecule has 0 unspecified atom stereocenters. The summed E-state index contributed by atoms with van der Waals surface area (Å²) >= 11 is 0. The SMILES string of the molecule is CC(C)N(Cc1ncon1)CC1CCNCC1. The van der Waals surface area contributed by atoms with Gasteiger partial charge < -0.3 is 9.84 Å². The van der Waals surface area contributed by atoms with Crippen molar-refractivity contribution >= 4 is 0 Å². The van der Waals surface area contributed by atoms with Crippen LogP contribution in [0.25, 0.3) is 0 Å². The van der Waals surface area contributed by atoms with E-state index in [4.69, 9.17) is 4.52 Å². The first-order chi connectivity index (χ1) is 8.25. The third-order valence-corrected chi connectivity index (χ3v) is 3.43. The Kier molecular flexibility index (Phi) is 4.50. The molecule has 0 amide bonds. The van der Waals surface area contributed by atoms with E-state index in [9.17, 15) is 0 Å². The van der Waals surface area contributed by atoms with Crippen LogP contribution in [0.1, 0.15) is 32.5 Å². The number of rotatable bonds is 5. The third-order valence-electron chi connectivity index (χ3n) is 3.43. The van der Waals surface area contributed by atoms with Crippen LogP contribution in [0.15, 0.2) is 10.9 Å². The van der Waals surface area contributed by atoms with Crippen molar-refractivity contribution in [1.82, 2.24) is 20.4 Å². The molecule has 1 saturated heterocycles. The highest BCUT2D eigenvalue weighted by molar-refractivity contribution is 4.81. The molecule has 0 saturated carbocycles. The van der Waals surface area contributed by atoms with Crippen LogP contribution in [-0.2, 0) is 6.54 Å². The summed E-state index contributed by atoms with van der Waals surface area (Å²) in [6.07, 6.45) is 3.95. The molecule has 0 aromatic carbocycles. The number of piperidine rings is 1. The van der Waals surface area contributed by atoms with Gasteiger partial charge >= 0.3 is 0 Å². The summed E-state index contributed by atoms with van der Waals surface area (Å²) in [5.74, 6) is 1.58. The fourth-order valence-electron chi connectivity index (χ4n) is 2.30. The lowest BCUT2D eigenvalue weighted by atomic mass is 9.97. The molecule has 1 aromatic rings. The highest BCUT2D eigenvalue weighted by atomic mass is 16.5. The molecule has 1 fully saturated rings. The van der Waals surface area contributed by atoms with Crippen molar-refractivity contribution in [1.29, 1.82) is 0 Å². The molecule has 0 bridgehead atoms. The van der Waals surface area contributed by atoms with Crippen LogP contribution in [-0.4, -0.2) is 40.7 Å². The van der Waals surface area contributed by atoms with Gasteiger partial charge in [0.1, 0.15) is 0 Å². The van der Waals surface area contributed by atoms with Gasteiger partial charge in [0.15, 0.2) is 5.82 Å². The van der Waals surface area contributed by atoms with Gasteiger partial charge in [0.05, 0.1) is 6.54 Å². The first-order valence-electron chi connectivity index (χ1n) is 6.45. The van der Waals surface area contributed by atoms with Gasteiger partial charge in [0.2, 0.25) is 6.39 Å². The van der Waals surface area contributed by atoms with Crippen molar-refractivity contribution < 1.29 is 4.52 Å². The summed E-state index contributed by atoms with van der Waals surface area (Å²) in [5, 5.41) is 7.30. The Bertz CT molecular complexity index is 306. The zero-order valence-corrected chi connectivity index (χ0v) is 10.7. The minimum absolute atomic E-state index is 0.517. The summed E-state index contributed by atoms with van der Waals surface area (Å²) in [7, 11) is 0. The molecule has 5 heteroatoms. The molecular formula is C12H22N4O. The monoisotopic (exact) mass is 238 g/mol. The molecule has 0 aliphatic carbocycles. The van der Waals surface area contributed by atoms with Gasteiger partial charge in [-0.3, -0.25) is 4.90 Å². The van der Waals surface area contributed by atoms with E-state index < -0.39 is 0 Å². The highest BCUT2D eigenvalue weighted by Crippen LogP contribution is 2.16. The lowest BCUT2D eigenvalue weighted by Crippen LogP contribution is -2.39. The van der Waals surface area contributed by atoms with Gasteiger partial charge in [0, 0.05) is 12.6 Å². The molecule has 1 aliphatic heterocycles. The minimum Gasteiger partial charge on any atom is -0.343 e. The fourth-order valence-corrected chi connectivity index (χ4v) is 2.30. The summed E-state index contributed by atoms with van der Waals surface area (Å²) in [6.45, 7) is 8.67. The van der Waals surface area contributed by atoms with Crippen LogP contribution in [0.4, 0.5) is 0 Å². The second-order valence-electron chi connectivity index (χ2n) is 5.06. The molecule has 17 heavy (non-hydrogen) atoms. The molecule has 1 N–H and O–H groups in total. The van der Waals surface area contributed by atoms with Crippen molar-refractivity contribution in [3.63, 3.8) is 0 Å². The lowest BCUT2D eigenvalue weighted by Gasteiger charge is -2.31. The van der Waals surface area contributed by atoms with Crippen LogP contribution in [0.2, 0.25) is 0 Å². The summed E-state index contributed by atoms with van der Waals surface area (Å²) in [6, 6.07) is 0.517. The molecule has 0 radical (unpaired) electrons. The summed E-state index contributed by atoms with van der Waals surface area (Å²) in [4.78, 5) is 6.53. The summed E-state index contributed by atoms with van der Waals surface area (Å²) < 4.78 is 4.79. The zero-order valence-electron chi connectivity index (χ0n) is 10.7. The van der Waals surface area contributed by atoms with Crippen molar-refractivity contribution in [2.75, 3.05) is 19.6 Å². The number of hydrogen-bond acceptors (Lipinski definition) is 5. The second kappa shape index (κ2) is 6.12. The van der Waals surface area contributed by atoms with Gasteiger partial charge in [-0.15, -0.1) is 0 Å². The van der Waals surface area contributed by atoms with E-state index in [0.29, 0.717) is 6.04 Å². The maximum Gasteiger partial charge on any atom is 0.213 e. The molecule has 0 spiro atoms. The van der Waals surface area contributed by atoms with Crippen LogP contribution in [0, 0.1) is 5.92 Å². The maximum atomic E-state index is 4.79. The van der Waals surface area contributed by atoms with Gasteiger partial charge in [-0.1, -0.05) is 5.16 Å². The van der Waals surface area contributed by atoms with Crippen molar-refractivity contribution in [2.45, 2.75) is 39.3 Å². The third kappa shape index (κ3) is 3.78. The normalized spacial score (nSPS) is 18.1. The van der Waals surface area contributed by atoms with Crippen molar-refractivity contribution in [2.24, 2.45) is 5.92 Å². The molecular weight excluding hydrogens is 216 g/mol. The Hall–Kier alpha value is -0.940. The van der Waals surface area contributed by atoms with E-state index in [1.165, 1.54) is 19.2 Å². The number of aromatic nitrogens is 2. The van der Waals surface area contributed by atoms with E-state index >= 15 is 0 Å². The number of nitrogens with zero attached hydrogens (tertiary/aromatic N) is 3. The smallest absolute Gasteiger partial charge is 0.213 e. The van der Waals surface area contributed by atoms with Crippen molar-refractivity contribution in [3.05, 3.63) is 12.2 Å². The Morgan fingerprint density at radius 1 is 1.47 bits per heavy atom. The predicted octanol–water partition coefficient (Wildman–Crippen LogP) is 1.28. The number of nitrogens with one attached hydrogen (secondary N) is 1. The lowest BCUT2D eigenvalue weighted by molar-refractivity contribution is 0.156. The zero-order chi connectivity index (χ0) is 12.1. The molecule has 96 valence electrons. The first kappa shape index (κ1) is 12.5. The fraction of sp³-hybridized carbons (Fsp3) is 0.833. The van der Waals surface area contributed by atoms with Crippen LogP contribution < -0.4 is 5.32 Å². The molecule has 2 heterocycles. The average molecular weight is 238 g/mol. The standard InChI is InChI=1S/C12H22N4O/c1-10(2)16(8-12-14-9-17-15-12)7-11-3-5-13-6-4-11/h9-11,13H,3-8H2,1-2H3. The average Bonchev–Trinajstić information content (AvgIpc) is 2.82. The van der Waals surface area contributed by atoms with Gasteiger partial charge in [-0.05, 0) is 45.7 Å². The predicted molar refractivity (Wildman–Crippen MR) is 65.4 cm³/mol. The molecule has 1 aromatic heterocycles. The Morgan fingerprint density at radius 2 is 2.24 bits per heavy atom. The Morgan fingerprint density at radius 3 is 2.82 bits per heavy atom. The van der Waals surface area contributed by atoms with E-state index in [-0.39, 0.29) is 0 Å². The quantitative estimate of drug-likeness (QED) is 0.837.